The van der Waals surface area contributed by atoms with Crippen molar-refractivity contribution in [3.63, 3.8) is 0 Å². The largest absolute Gasteiger partial charge is 0.388 e. The van der Waals surface area contributed by atoms with Crippen molar-refractivity contribution in [2.75, 3.05) is 12.4 Å². The van der Waals surface area contributed by atoms with Crippen molar-refractivity contribution in [3.05, 3.63) is 28.8 Å². The van der Waals surface area contributed by atoms with E-state index in [1.165, 1.54) is 22.4 Å². The number of rotatable bonds is 3. The lowest BCUT2D eigenvalue weighted by Crippen LogP contribution is -2.06. The summed E-state index contributed by atoms with van der Waals surface area (Å²) < 4.78 is 0. The molecule has 0 aliphatic carbocycles. The summed E-state index contributed by atoms with van der Waals surface area (Å²) in [6.45, 7) is 11.3. The Hall–Kier alpha value is -0.980. The molecule has 1 nitrogen and oxygen atoms in total. The fraction of sp³-hybridized carbons (Fsp3) is 0.571. The van der Waals surface area contributed by atoms with Gasteiger partial charge in [0, 0.05) is 12.7 Å². The van der Waals surface area contributed by atoms with Crippen LogP contribution in [-0.4, -0.2) is 7.05 Å². The Labute approximate surface area is 93.9 Å². The Morgan fingerprint density at radius 3 is 1.87 bits per heavy atom. The molecule has 1 heteroatoms. The minimum Gasteiger partial charge on any atom is -0.388 e. The van der Waals surface area contributed by atoms with Gasteiger partial charge in [-0.1, -0.05) is 33.8 Å². The molecule has 0 radical (unpaired) electrons. The Kier molecular flexibility index (Phi) is 3.78. The smallest absolute Gasteiger partial charge is 0.0375 e. The van der Waals surface area contributed by atoms with E-state index < -0.39 is 0 Å². The second-order valence-electron chi connectivity index (χ2n) is 4.82. The zero-order chi connectivity index (χ0) is 11.6. The minimum absolute atomic E-state index is 0.574. The van der Waals surface area contributed by atoms with E-state index in [1.807, 2.05) is 7.05 Å². The highest BCUT2D eigenvalue weighted by atomic mass is 14.8. The summed E-state index contributed by atoms with van der Waals surface area (Å²) in [5.41, 5.74) is 5.68. The van der Waals surface area contributed by atoms with E-state index in [0.29, 0.717) is 11.8 Å². The molecule has 0 atom stereocenters. The maximum atomic E-state index is 3.30. The van der Waals surface area contributed by atoms with Gasteiger partial charge in [-0.25, -0.2) is 0 Å². The van der Waals surface area contributed by atoms with E-state index in [4.69, 9.17) is 0 Å². The van der Waals surface area contributed by atoms with Crippen LogP contribution in [0.5, 0.6) is 0 Å². The lowest BCUT2D eigenvalue weighted by molar-refractivity contribution is 0.785. The molecule has 0 aliphatic rings. The average molecular weight is 205 g/mol. The van der Waals surface area contributed by atoms with Crippen molar-refractivity contribution in [3.8, 4) is 0 Å². The van der Waals surface area contributed by atoms with Gasteiger partial charge in [0.1, 0.15) is 0 Å². The van der Waals surface area contributed by atoms with Gasteiger partial charge in [-0.3, -0.25) is 0 Å². The fourth-order valence-electron chi connectivity index (χ4n) is 2.35. The second-order valence-corrected chi connectivity index (χ2v) is 4.82. The molecule has 15 heavy (non-hydrogen) atoms. The molecule has 1 aromatic carbocycles. The molecule has 1 N–H and O–H groups in total. The summed E-state index contributed by atoms with van der Waals surface area (Å²) >= 11 is 0. The van der Waals surface area contributed by atoms with Crippen LogP contribution in [0.4, 0.5) is 5.69 Å². The standard InChI is InChI=1S/C14H23N/c1-9(2)13-11(5)7-8-12(15-6)14(13)10(3)4/h7-10,15H,1-6H3. The van der Waals surface area contributed by atoms with Crippen LogP contribution in [0.1, 0.15) is 56.2 Å². The van der Waals surface area contributed by atoms with Gasteiger partial charge in [0.15, 0.2) is 0 Å². The molecular formula is C14H23N. The lowest BCUT2D eigenvalue weighted by atomic mass is 9.86. The van der Waals surface area contributed by atoms with Crippen LogP contribution < -0.4 is 5.32 Å². The maximum absolute atomic E-state index is 3.30. The van der Waals surface area contributed by atoms with Crippen LogP contribution in [0.15, 0.2) is 12.1 Å². The van der Waals surface area contributed by atoms with Crippen molar-refractivity contribution < 1.29 is 0 Å². The van der Waals surface area contributed by atoms with E-state index in [-0.39, 0.29) is 0 Å². The Balaban J connectivity index is 3.44. The molecule has 0 aromatic heterocycles. The first kappa shape index (κ1) is 12.1. The van der Waals surface area contributed by atoms with Gasteiger partial charge in [0.05, 0.1) is 0 Å². The zero-order valence-electron chi connectivity index (χ0n) is 10.8. The third-order valence-electron chi connectivity index (χ3n) is 2.93. The summed E-state index contributed by atoms with van der Waals surface area (Å²) in [5, 5.41) is 3.30. The number of benzene rings is 1. The molecule has 0 saturated heterocycles. The molecule has 1 rings (SSSR count). The molecule has 0 saturated carbocycles. The molecule has 0 spiro atoms. The van der Waals surface area contributed by atoms with Crippen LogP contribution in [0.3, 0.4) is 0 Å². The molecule has 84 valence electrons. The van der Waals surface area contributed by atoms with Crippen LogP contribution in [0, 0.1) is 6.92 Å². The zero-order valence-corrected chi connectivity index (χ0v) is 10.8. The van der Waals surface area contributed by atoms with E-state index in [9.17, 15) is 0 Å². The number of hydrogen-bond donors (Lipinski definition) is 1. The summed E-state index contributed by atoms with van der Waals surface area (Å²) in [7, 11) is 2.00. The molecule has 0 bridgehead atoms. The third-order valence-corrected chi connectivity index (χ3v) is 2.93. The van der Waals surface area contributed by atoms with E-state index in [0.717, 1.165) is 0 Å². The average Bonchev–Trinajstić information content (AvgIpc) is 2.16. The summed E-state index contributed by atoms with van der Waals surface area (Å²) in [4.78, 5) is 0. The minimum atomic E-state index is 0.574. The second kappa shape index (κ2) is 4.69. The lowest BCUT2D eigenvalue weighted by Gasteiger charge is -2.22. The maximum Gasteiger partial charge on any atom is 0.0375 e. The highest BCUT2D eigenvalue weighted by Crippen LogP contribution is 2.34. The number of nitrogens with one attached hydrogen (secondary N) is 1. The monoisotopic (exact) mass is 205 g/mol. The highest BCUT2D eigenvalue weighted by molar-refractivity contribution is 5.59. The van der Waals surface area contributed by atoms with Crippen LogP contribution in [0.25, 0.3) is 0 Å². The predicted octanol–water partition coefficient (Wildman–Crippen LogP) is 4.28. The van der Waals surface area contributed by atoms with Crippen LogP contribution in [-0.2, 0) is 0 Å². The highest BCUT2D eigenvalue weighted by Gasteiger charge is 2.15. The molecule has 0 heterocycles. The first-order chi connectivity index (χ1) is 6.99. The third kappa shape index (κ3) is 2.34. The normalized spacial score (nSPS) is 11.2. The van der Waals surface area contributed by atoms with Gasteiger partial charge in [-0.05, 0) is 41.5 Å². The molecule has 1 aromatic rings. The summed E-state index contributed by atoms with van der Waals surface area (Å²) in [6.07, 6.45) is 0. The SMILES string of the molecule is CNc1ccc(C)c(C(C)C)c1C(C)C. The van der Waals surface area contributed by atoms with E-state index in [1.54, 1.807) is 0 Å². The Morgan fingerprint density at radius 2 is 1.47 bits per heavy atom. The number of hydrogen-bond acceptors (Lipinski definition) is 1. The van der Waals surface area contributed by atoms with Gasteiger partial charge in [0.2, 0.25) is 0 Å². The number of aryl methyl sites for hydroxylation is 1. The van der Waals surface area contributed by atoms with Crippen LogP contribution >= 0.6 is 0 Å². The van der Waals surface area contributed by atoms with Crippen molar-refractivity contribution in [1.29, 1.82) is 0 Å². The van der Waals surface area contributed by atoms with E-state index >= 15 is 0 Å². The molecule has 0 fully saturated rings. The van der Waals surface area contributed by atoms with Crippen molar-refractivity contribution in [1.82, 2.24) is 0 Å². The molecule has 0 unspecified atom stereocenters. The summed E-state index contributed by atoms with van der Waals surface area (Å²) in [5.74, 6) is 1.17. The quantitative estimate of drug-likeness (QED) is 0.776. The Bertz CT molecular complexity index is 337. The van der Waals surface area contributed by atoms with Gasteiger partial charge < -0.3 is 5.32 Å². The van der Waals surface area contributed by atoms with Crippen LogP contribution in [0.2, 0.25) is 0 Å². The van der Waals surface area contributed by atoms with Crippen molar-refractivity contribution in [2.45, 2.75) is 46.5 Å². The van der Waals surface area contributed by atoms with Gasteiger partial charge in [-0.15, -0.1) is 0 Å². The first-order valence-electron chi connectivity index (χ1n) is 5.80. The van der Waals surface area contributed by atoms with Gasteiger partial charge in [0.25, 0.3) is 0 Å². The Morgan fingerprint density at radius 1 is 0.933 bits per heavy atom. The van der Waals surface area contributed by atoms with Gasteiger partial charge >= 0.3 is 0 Å². The molecule has 0 aliphatic heterocycles. The first-order valence-corrected chi connectivity index (χ1v) is 5.80. The topological polar surface area (TPSA) is 12.0 Å². The molecular weight excluding hydrogens is 182 g/mol. The number of anilines is 1. The molecule has 0 amide bonds. The van der Waals surface area contributed by atoms with Crippen molar-refractivity contribution >= 4 is 5.69 Å². The van der Waals surface area contributed by atoms with Gasteiger partial charge in [-0.2, -0.15) is 0 Å². The summed E-state index contributed by atoms with van der Waals surface area (Å²) in [6, 6.07) is 4.41. The predicted molar refractivity (Wildman–Crippen MR) is 68.9 cm³/mol. The van der Waals surface area contributed by atoms with Crippen molar-refractivity contribution in [2.24, 2.45) is 0 Å². The fourth-order valence-corrected chi connectivity index (χ4v) is 2.35. The van der Waals surface area contributed by atoms with E-state index in [2.05, 4.69) is 52.1 Å².